The van der Waals surface area contributed by atoms with Gasteiger partial charge in [0.2, 0.25) is 15.9 Å². The molecular weight excluding hydrogens is 288 g/mol. The minimum absolute atomic E-state index is 0.0904. The molecule has 1 amide bonds. The van der Waals surface area contributed by atoms with Crippen molar-refractivity contribution in [3.63, 3.8) is 0 Å². The fourth-order valence-corrected chi connectivity index (χ4v) is 3.65. The van der Waals surface area contributed by atoms with Crippen molar-refractivity contribution in [1.29, 1.82) is 0 Å². The molecule has 1 aliphatic rings. The first-order valence-corrected chi connectivity index (χ1v) is 9.60. The molecule has 1 unspecified atom stereocenters. The van der Waals surface area contributed by atoms with Gasteiger partial charge in [-0.3, -0.25) is 4.79 Å². The number of nitrogens with one attached hydrogen (secondary N) is 1. The highest BCUT2D eigenvalue weighted by Gasteiger charge is 2.24. The van der Waals surface area contributed by atoms with E-state index in [1.54, 1.807) is 0 Å². The van der Waals surface area contributed by atoms with Gasteiger partial charge < -0.3 is 5.32 Å². The van der Waals surface area contributed by atoms with E-state index in [-0.39, 0.29) is 18.5 Å². The number of hydrogen-bond acceptors (Lipinski definition) is 3. The maximum atomic E-state index is 11.9. The average Bonchev–Trinajstić information content (AvgIpc) is 2.44. The summed E-state index contributed by atoms with van der Waals surface area (Å²) in [5.41, 5.74) is 1.41. The third-order valence-electron chi connectivity index (χ3n) is 3.96. The second kappa shape index (κ2) is 8.54. The number of allylic oxidation sites excluding steroid dienone is 1. The molecule has 1 aliphatic carbocycles. The van der Waals surface area contributed by atoms with Gasteiger partial charge in [0.15, 0.2) is 0 Å². The largest absolute Gasteiger partial charge is 0.355 e. The quantitative estimate of drug-likeness (QED) is 0.697. The summed E-state index contributed by atoms with van der Waals surface area (Å²) in [6.07, 6.45) is 9.72. The summed E-state index contributed by atoms with van der Waals surface area (Å²) < 4.78 is 24.7. The van der Waals surface area contributed by atoms with Gasteiger partial charge in [-0.2, -0.15) is 4.31 Å². The normalized spacial score (nSPS) is 17.4. The lowest BCUT2D eigenvalue weighted by Crippen LogP contribution is -2.44. The predicted octanol–water partition coefficient (Wildman–Crippen LogP) is 2.05. The molecule has 6 heteroatoms. The van der Waals surface area contributed by atoms with Crippen LogP contribution in [0, 0.1) is 0 Å². The van der Waals surface area contributed by atoms with E-state index in [9.17, 15) is 13.2 Å². The van der Waals surface area contributed by atoms with Gasteiger partial charge in [0.1, 0.15) is 0 Å². The van der Waals surface area contributed by atoms with Crippen molar-refractivity contribution >= 4 is 15.9 Å². The molecule has 0 aromatic heterocycles. The van der Waals surface area contributed by atoms with Crippen LogP contribution >= 0.6 is 0 Å². The zero-order valence-corrected chi connectivity index (χ0v) is 14.2. The number of amides is 1. The molecule has 1 N–H and O–H groups in total. The van der Waals surface area contributed by atoms with Gasteiger partial charge in [0, 0.05) is 12.6 Å². The molecule has 122 valence electrons. The minimum atomic E-state index is -3.36. The lowest BCUT2D eigenvalue weighted by atomic mass is 9.97. The van der Waals surface area contributed by atoms with E-state index in [1.807, 2.05) is 13.8 Å². The van der Waals surface area contributed by atoms with E-state index in [0.29, 0.717) is 13.0 Å². The Kier molecular flexibility index (Phi) is 7.39. The maximum Gasteiger partial charge on any atom is 0.235 e. The molecule has 1 rings (SSSR count). The first-order chi connectivity index (χ1) is 9.84. The predicted molar refractivity (Wildman–Crippen MR) is 85.5 cm³/mol. The molecule has 0 heterocycles. The Bertz CT molecular complexity index is 471. The Hall–Kier alpha value is -0.880. The molecule has 0 radical (unpaired) electrons. The van der Waals surface area contributed by atoms with E-state index < -0.39 is 10.0 Å². The Morgan fingerprint density at radius 1 is 1.43 bits per heavy atom. The smallest absolute Gasteiger partial charge is 0.235 e. The molecule has 21 heavy (non-hydrogen) atoms. The van der Waals surface area contributed by atoms with E-state index in [2.05, 4.69) is 11.4 Å². The minimum Gasteiger partial charge on any atom is -0.355 e. The molecule has 0 aliphatic heterocycles. The number of rotatable bonds is 8. The number of carbonyl (C=O) groups is 1. The second-order valence-corrected chi connectivity index (χ2v) is 7.71. The van der Waals surface area contributed by atoms with E-state index in [1.165, 1.54) is 22.7 Å². The summed E-state index contributed by atoms with van der Waals surface area (Å²) in [6, 6.07) is -0.160. The van der Waals surface area contributed by atoms with Crippen LogP contribution in [0.4, 0.5) is 0 Å². The standard InChI is InChI=1S/C15H28N2O3S/c1-4-13(2)17(21(3,19)20)12-15(18)16-11-10-14-8-6-5-7-9-14/h8,13H,4-7,9-12H2,1-3H3,(H,16,18). The van der Waals surface area contributed by atoms with Gasteiger partial charge in [-0.05, 0) is 45.4 Å². The third-order valence-corrected chi connectivity index (χ3v) is 5.30. The van der Waals surface area contributed by atoms with Crippen LogP contribution < -0.4 is 5.32 Å². The van der Waals surface area contributed by atoms with Crippen molar-refractivity contribution in [3.8, 4) is 0 Å². The summed E-state index contributed by atoms with van der Waals surface area (Å²) >= 11 is 0. The van der Waals surface area contributed by atoms with Gasteiger partial charge in [-0.25, -0.2) is 8.42 Å². The monoisotopic (exact) mass is 316 g/mol. The lowest BCUT2D eigenvalue weighted by Gasteiger charge is -2.25. The fourth-order valence-electron chi connectivity index (χ4n) is 2.50. The van der Waals surface area contributed by atoms with Gasteiger partial charge in [-0.15, -0.1) is 0 Å². The molecule has 0 aromatic carbocycles. The Morgan fingerprint density at radius 2 is 2.14 bits per heavy atom. The van der Waals surface area contributed by atoms with Crippen LogP contribution in [-0.4, -0.2) is 44.0 Å². The topological polar surface area (TPSA) is 66.5 Å². The van der Waals surface area contributed by atoms with Crippen molar-refractivity contribution < 1.29 is 13.2 Å². The SMILES string of the molecule is CCC(C)N(CC(=O)NCCC1=CCCCC1)S(C)(=O)=O. The molecular formula is C15H28N2O3S. The lowest BCUT2D eigenvalue weighted by molar-refractivity contribution is -0.121. The fraction of sp³-hybridized carbons (Fsp3) is 0.800. The van der Waals surface area contributed by atoms with Gasteiger partial charge in [0.25, 0.3) is 0 Å². The van der Waals surface area contributed by atoms with E-state index in [0.717, 1.165) is 25.5 Å². The highest BCUT2D eigenvalue weighted by atomic mass is 32.2. The van der Waals surface area contributed by atoms with E-state index in [4.69, 9.17) is 0 Å². The number of carbonyl (C=O) groups excluding carboxylic acids is 1. The Morgan fingerprint density at radius 3 is 2.67 bits per heavy atom. The zero-order chi connectivity index (χ0) is 15.9. The van der Waals surface area contributed by atoms with Crippen LogP contribution in [0.5, 0.6) is 0 Å². The van der Waals surface area contributed by atoms with Crippen molar-refractivity contribution in [1.82, 2.24) is 9.62 Å². The summed E-state index contributed by atoms with van der Waals surface area (Å²) in [5.74, 6) is -0.225. The molecule has 0 bridgehead atoms. The van der Waals surface area contributed by atoms with Crippen molar-refractivity contribution in [2.75, 3.05) is 19.3 Å². The molecule has 0 saturated heterocycles. The first-order valence-electron chi connectivity index (χ1n) is 7.76. The van der Waals surface area contributed by atoms with Crippen LogP contribution in [0.15, 0.2) is 11.6 Å². The number of nitrogens with zero attached hydrogens (tertiary/aromatic N) is 1. The van der Waals surface area contributed by atoms with E-state index >= 15 is 0 Å². The number of hydrogen-bond donors (Lipinski definition) is 1. The first kappa shape index (κ1) is 18.2. The summed E-state index contributed by atoms with van der Waals surface area (Å²) in [7, 11) is -3.36. The van der Waals surface area contributed by atoms with Crippen LogP contribution in [0.2, 0.25) is 0 Å². The maximum absolute atomic E-state index is 11.9. The third kappa shape index (κ3) is 6.61. The van der Waals surface area contributed by atoms with Gasteiger partial charge in [0.05, 0.1) is 12.8 Å². The molecule has 0 saturated carbocycles. The summed E-state index contributed by atoms with van der Waals surface area (Å²) in [6.45, 7) is 4.23. The second-order valence-electron chi connectivity index (χ2n) is 5.77. The zero-order valence-electron chi connectivity index (χ0n) is 13.4. The number of sulfonamides is 1. The molecule has 0 aromatic rings. The Balaban J connectivity index is 2.42. The van der Waals surface area contributed by atoms with Crippen LogP contribution in [0.25, 0.3) is 0 Å². The molecule has 5 nitrogen and oxygen atoms in total. The van der Waals surface area contributed by atoms with Crippen LogP contribution in [0.3, 0.4) is 0 Å². The van der Waals surface area contributed by atoms with Gasteiger partial charge in [-0.1, -0.05) is 18.6 Å². The molecule has 0 spiro atoms. The van der Waals surface area contributed by atoms with Crippen molar-refractivity contribution in [3.05, 3.63) is 11.6 Å². The molecule has 0 fully saturated rings. The van der Waals surface area contributed by atoms with Crippen molar-refractivity contribution in [2.45, 2.75) is 58.4 Å². The van der Waals surface area contributed by atoms with Crippen molar-refractivity contribution in [2.24, 2.45) is 0 Å². The average molecular weight is 316 g/mol. The highest BCUT2D eigenvalue weighted by molar-refractivity contribution is 7.88. The van der Waals surface area contributed by atoms with Crippen LogP contribution in [0.1, 0.15) is 52.4 Å². The van der Waals surface area contributed by atoms with Crippen LogP contribution in [-0.2, 0) is 14.8 Å². The summed E-state index contributed by atoms with van der Waals surface area (Å²) in [4.78, 5) is 11.9. The van der Waals surface area contributed by atoms with Gasteiger partial charge >= 0.3 is 0 Å². The highest BCUT2D eigenvalue weighted by Crippen LogP contribution is 2.19. The summed E-state index contributed by atoms with van der Waals surface area (Å²) in [5, 5.41) is 2.83. The Labute approximate surface area is 128 Å². The molecule has 1 atom stereocenters.